The van der Waals surface area contributed by atoms with Gasteiger partial charge in [0.05, 0.1) is 31.7 Å². The van der Waals surface area contributed by atoms with Crippen LogP contribution in [0.5, 0.6) is 11.5 Å². The lowest BCUT2D eigenvalue weighted by Crippen LogP contribution is -2.45. The number of ether oxygens (including phenoxy) is 2. The second kappa shape index (κ2) is 11.1. The lowest BCUT2D eigenvalue weighted by molar-refractivity contribution is 0.354. The van der Waals surface area contributed by atoms with Crippen LogP contribution in [0.15, 0.2) is 40.1 Å². The topological polar surface area (TPSA) is 111 Å². The Bertz CT molecular complexity index is 1560. The number of thiocarbonyl (C=S) groups is 1. The van der Waals surface area contributed by atoms with Gasteiger partial charge >= 0.3 is 5.69 Å². The SMILES string of the molecule is COc1cc2c(cc1OC)-c1cc(=Nc3c(C)cc(C)cc3C)n(CCN(CC#N)C(N)=S)c(=O)n1CC2. The van der Waals surface area contributed by atoms with Crippen LogP contribution in [0.3, 0.4) is 0 Å². The molecule has 0 radical (unpaired) electrons. The number of nitriles is 1. The summed E-state index contributed by atoms with van der Waals surface area (Å²) in [5.74, 6) is 1.25. The molecule has 0 aliphatic carbocycles. The summed E-state index contributed by atoms with van der Waals surface area (Å²) in [7, 11) is 3.21. The highest BCUT2D eigenvalue weighted by atomic mass is 32.1. The number of aromatic nitrogens is 2. The molecule has 2 aromatic carbocycles. The maximum Gasteiger partial charge on any atom is 0.330 e. The molecule has 1 aromatic heterocycles. The zero-order valence-electron chi connectivity index (χ0n) is 22.4. The maximum atomic E-state index is 13.9. The van der Waals surface area contributed by atoms with E-state index in [1.165, 1.54) is 0 Å². The number of nitrogens with two attached hydrogens (primary N) is 1. The Balaban J connectivity index is 1.97. The van der Waals surface area contributed by atoms with Gasteiger partial charge in [0.2, 0.25) is 0 Å². The molecule has 0 fully saturated rings. The van der Waals surface area contributed by atoms with Crippen LogP contribution in [0.1, 0.15) is 22.3 Å². The average molecular weight is 533 g/mol. The summed E-state index contributed by atoms with van der Waals surface area (Å²) in [5, 5.41) is 9.30. The van der Waals surface area contributed by atoms with Crippen LogP contribution in [0.4, 0.5) is 5.69 Å². The van der Waals surface area contributed by atoms with Gasteiger partial charge in [-0.1, -0.05) is 17.7 Å². The number of benzene rings is 2. The minimum atomic E-state index is -0.191. The van der Waals surface area contributed by atoms with E-state index in [1.807, 2.05) is 39.0 Å². The highest BCUT2D eigenvalue weighted by molar-refractivity contribution is 7.80. The van der Waals surface area contributed by atoms with Crippen LogP contribution in [-0.4, -0.2) is 46.5 Å². The number of hydrogen-bond acceptors (Lipinski definition) is 6. The van der Waals surface area contributed by atoms with Crippen LogP contribution in [-0.2, 0) is 19.5 Å². The van der Waals surface area contributed by atoms with Gasteiger partial charge in [0, 0.05) is 31.3 Å². The first kappa shape index (κ1) is 26.9. The summed E-state index contributed by atoms with van der Waals surface area (Å²) in [6.07, 6.45) is 0.669. The van der Waals surface area contributed by atoms with Gasteiger partial charge in [0.1, 0.15) is 12.0 Å². The maximum absolute atomic E-state index is 13.9. The van der Waals surface area contributed by atoms with Crippen LogP contribution in [0.2, 0.25) is 0 Å². The van der Waals surface area contributed by atoms with Crippen molar-refractivity contribution in [2.75, 3.05) is 27.3 Å². The Morgan fingerprint density at radius 1 is 1.13 bits per heavy atom. The van der Waals surface area contributed by atoms with Gasteiger partial charge in [-0.3, -0.25) is 9.13 Å². The molecular formula is C28H32N6O3S. The fraction of sp³-hybridized carbons (Fsp3) is 0.357. The Morgan fingerprint density at radius 2 is 1.79 bits per heavy atom. The molecule has 0 spiro atoms. The van der Waals surface area contributed by atoms with E-state index < -0.39 is 0 Å². The van der Waals surface area contributed by atoms with Crippen molar-refractivity contribution in [1.29, 1.82) is 5.26 Å². The molecule has 1 aliphatic rings. The third-order valence-electron chi connectivity index (χ3n) is 6.81. The third-order valence-corrected chi connectivity index (χ3v) is 7.07. The number of rotatable bonds is 7. The van der Waals surface area contributed by atoms with Crippen molar-refractivity contribution in [2.45, 2.75) is 40.3 Å². The molecule has 0 saturated carbocycles. The van der Waals surface area contributed by atoms with Gasteiger partial charge in [0.15, 0.2) is 16.6 Å². The van der Waals surface area contributed by atoms with Gasteiger partial charge in [-0.2, -0.15) is 5.26 Å². The molecule has 0 atom stereocenters. The van der Waals surface area contributed by atoms with Crippen LogP contribution < -0.4 is 26.4 Å². The van der Waals surface area contributed by atoms with Crippen molar-refractivity contribution < 1.29 is 9.47 Å². The number of hydrogen-bond donors (Lipinski definition) is 1. The number of aryl methyl sites for hydroxylation is 4. The second-order valence-corrected chi connectivity index (χ2v) is 9.78. The van der Waals surface area contributed by atoms with Crippen molar-refractivity contribution in [3.05, 3.63) is 68.6 Å². The van der Waals surface area contributed by atoms with Crippen molar-refractivity contribution in [1.82, 2.24) is 14.0 Å². The molecule has 10 heteroatoms. The van der Waals surface area contributed by atoms with E-state index in [1.54, 1.807) is 28.3 Å². The van der Waals surface area contributed by atoms with Crippen molar-refractivity contribution in [2.24, 2.45) is 10.7 Å². The smallest absolute Gasteiger partial charge is 0.330 e. The first-order valence-electron chi connectivity index (χ1n) is 12.3. The van der Waals surface area contributed by atoms with Gasteiger partial charge < -0.3 is 20.1 Å². The molecule has 0 bridgehead atoms. The van der Waals surface area contributed by atoms with Crippen LogP contribution >= 0.6 is 12.2 Å². The Labute approximate surface area is 227 Å². The molecular weight excluding hydrogens is 500 g/mol. The third kappa shape index (κ3) is 5.15. The highest BCUT2D eigenvalue weighted by Gasteiger charge is 2.23. The number of nitrogens with zero attached hydrogens (tertiary/aromatic N) is 5. The minimum absolute atomic E-state index is 0.0415. The standard InChI is InChI=1S/C28H32N6O3S/c1-17-12-18(2)26(19(3)13-17)31-25-16-22-21-15-24(37-5)23(36-4)14-20(21)6-8-33(22)28(35)34(25)11-10-32(9-7-29)27(30)38/h12-16H,6,8-11H2,1-5H3,(H2,30,38). The average Bonchev–Trinajstić information content (AvgIpc) is 2.88. The van der Waals surface area contributed by atoms with E-state index in [0.717, 1.165) is 39.2 Å². The van der Waals surface area contributed by atoms with E-state index in [-0.39, 0.29) is 23.9 Å². The molecule has 198 valence electrons. The fourth-order valence-corrected chi connectivity index (χ4v) is 5.16. The van der Waals surface area contributed by atoms with Crippen LogP contribution in [0, 0.1) is 32.1 Å². The van der Waals surface area contributed by atoms with E-state index in [2.05, 4.69) is 18.2 Å². The quantitative estimate of drug-likeness (QED) is 0.368. The van der Waals surface area contributed by atoms with E-state index in [9.17, 15) is 10.1 Å². The molecule has 3 aromatic rings. The lowest BCUT2D eigenvalue weighted by Gasteiger charge is -2.25. The zero-order chi connectivity index (χ0) is 27.6. The first-order chi connectivity index (χ1) is 18.2. The molecule has 2 N–H and O–H groups in total. The van der Waals surface area contributed by atoms with Crippen molar-refractivity contribution in [3.8, 4) is 28.8 Å². The Hall–Kier alpha value is -4.10. The molecule has 4 rings (SSSR count). The van der Waals surface area contributed by atoms with Crippen molar-refractivity contribution in [3.63, 3.8) is 0 Å². The Kier molecular flexibility index (Phi) is 7.88. The first-order valence-corrected chi connectivity index (χ1v) is 12.7. The van der Waals surface area contributed by atoms with Gasteiger partial charge in [-0.25, -0.2) is 9.79 Å². The molecule has 0 saturated heterocycles. The summed E-state index contributed by atoms with van der Waals surface area (Å²) >= 11 is 5.11. The molecule has 0 amide bonds. The van der Waals surface area contributed by atoms with E-state index in [4.69, 9.17) is 32.4 Å². The van der Waals surface area contributed by atoms with Gasteiger partial charge in [-0.15, -0.1) is 0 Å². The highest BCUT2D eigenvalue weighted by Crippen LogP contribution is 2.37. The predicted molar refractivity (Wildman–Crippen MR) is 151 cm³/mol. The molecule has 2 heterocycles. The summed E-state index contributed by atoms with van der Waals surface area (Å²) in [6, 6.07) is 12.1. The second-order valence-electron chi connectivity index (χ2n) is 9.36. The zero-order valence-corrected chi connectivity index (χ0v) is 23.2. The summed E-state index contributed by atoms with van der Waals surface area (Å²) in [6.45, 7) is 7.20. The molecule has 38 heavy (non-hydrogen) atoms. The monoisotopic (exact) mass is 532 g/mol. The van der Waals surface area contributed by atoms with Crippen molar-refractivity contribution >= 4 is 23.0 Å². The number of fused-ring (bicyclic) bond motifs is 3. The van der Waals surface area contributed by atoms with Crippen LogP contribution in [0.25, 0.3) is 11.3 Å². The fourth-order valence-electron chi connectivity index (χ4n) is 5.00. The summed E-state index contributed by atoms with van der Waals surface area (Å²) in [4.78, 5) is 20.5. The normalized spacial score (nSPS) is 12.4. The predicted octanol–water partition coefficient (Wildman–Crippen LogP) is 3.12. The van der Waals surface area contributed by atoms with Gasteiger partial charge in [0.25, 0.3) is 0 Å². The molecule has 0 unspecified atom stereocenters. The van der Waals surface area contributed by atoms with Gasteiger partial charge in [-0.05, 0) is 68.2 Å². The van der Waals surface area contributed by atoms with E-state index >= 15 is 0 Å². The lowest BCUT2D eigenvalue weighted by atomic mass is 9.97. The summed E-state index contributed by atoms with van der Waals surface area (Å²) < 4.78 is 14.5. The largest absolute Gasteiger partial charge is 0.493 e. The van der Waals surface area contributed by atoms with E-state index in [0.29, 0.717) is 36.5 Å². The summed E-state index contributed by atoms with van der Waals surface area (Å²) in [5.41, 5.74) is 12.9. The number of methoxy groups -OCH3 is 2. The minimum Gasteiger partial charge on any atom is -0.493 e. The molecule has 1 aliphatic heterocycles. The molecule has 9 nitrogen and oxygen atoms in total. The Morgan fingerprint density at radius 3 is 2.39 bits per heavy atom.